The molecule has 0 heterocycles. The predicted molar refractivity (Wildman–Crippen MR) is 362 cm³/mol. The highest BCUT2D eigenvalue weighted by Crippen LogP contribution is 2.17. The van der Waals surface area contributed by atoms with Crippen LogP contribution in [0.3, 0.4) is 0 Å². The molecule has 0 saturated heterocycles. The maximum Gasteiger partial charge on any atom is 0.306 e. The molecule has 0 aliphatic rings. The van der Waals surface area contributed by atoms with Crippen molar-refractivity contribution in [3.05, 3.63) is 97.2 Å². The van der Waals surface area contributed by atoms with E-state index in [9.17, 15) is 14.4 Å². The highest BCUT2D eigenvalue weighted by Gasteiger charge is 2.19. The van der Waals surface area contributed by atoms with Gasteiger partial charge in [-0.25, -0.2) is 0 Å². The van der Waals surface area contributed by atoms with E-state index in [1.165, 1.54) is 212 Å². The minimum atomic E-state index is -0.789. The van der Waals surface area contributed by atoms with Gasteiger partial charge in [0, 0.05) is 19.3 Å². The zero-order valence-corrected chi connectivity index (χ0v) is 54.9. The van der Waals surface area contributed by atoms with Gasteiger partial charge in [-0.05, 0) is 122 Å². The van der Waals surface area contributed by atoms with Crippen LogP contribution in [0.25, 0.3) is 0 Å². The maximum absolute atomic E-state index is 13.0. The standard InChI is InChI=1S/C77H134O6/c1-4-7-10-13-16-19-22-25-28-31-34-36-38-40-43-46-49-52-55-58-61-64-67-70-76(79)82-73-74(72-81-75(78)69-66-63-60-57-54-51-48-45-42-33-30-27-24-21-18-15-12-9-6-3)83-77(80)71-68-65-62-59-56-53-50-47-44-41-39-37-35-32-29-26-23-20-17-14-11-8-5-2/h9,12,18,21-23,25-27,30-32,34-35,42,45,74H,4-8,10-11,13-17,19-20,24,28-29,33,36-41,43-44,46-73H2,1-3H3/b12-9-,21-18-,25-22-,26-23-,30-27-,34-31-,35-32-,45-42-. The molecular formula is C77H134O6. The van der Waals surface area contributed by atoms with Gasteiger partial charge in [-0.15, -0.1) is 0 Å². The van der Waals surface area contributed by atoms with Gasteiger partial charge in [-0.1, -0.05) is 311 Å². The molecule has 6 heteroatoms. The first-order valence-corrected chi connectivity index (χ1v) is 35.7. The Kier molecular flexibility index (Phi) is 67.7. The molecule has 0 aromatic rings. The molecule has 83 heavy (non-hydrogen) atoms. The average Bonchev–Trinajstić information content (AvgIpc) is 3.49. The Morgan fingerprint density at radius 1 is 0.253 bits per heavy atom. The first-order chi connectivity index (χ1) is 41.0. The molecular weight excluding hydrogens is 1020 g/mol. The van der Waals surface area contributed by atoms with Gasteiger partial charge in [0.25, 0.3) is 0 Å². The van der Waals surface area contributed by atoms with Crippen LogP contribution < -0.4 is 0 Å². The monoisotopic (exact) mass is 1160 g/mol. The van der Waals surface area contributed by atoms with E-state index < -0.39 is 6.10 Å². The van der Waals surface area contributed by atoms with Crippen molar-refractivity contribution in [1.29, 1.82) is 0 Å². The molecule has 0 aromatic carbocycles. The van der Waals surface area contributed by atoms with Crippen LogP contribution in [-0.4, -0.2) is 37.2 Å². The van der Waals surface area contributed by atoms with Crippen molar-refractivity contribution in [3.63, 3.8) is 0 Å². The normalized spacial score (nSPS) is 12.7. The SMILES string of the molecule is CC/C=C\C/C=C\C/C=C\C/C=C\CCCCCCCCC(=O)OCC(COC(=O)CCCCCCCCCCCCC/C=C\C/C=C\CCCCCCC)OC(=O)CCCCCCCCCCCCC/C=C\C/C=C\CCCCCCC. The molecule has 0 bridgehead atoms. The molecule has 0 aliphatic heterocycles. The summed E-state index contributed by atoms with van der Waals surface area (Å²) in [6.07, 6.45) is 95.6. The lowest BCUT2D eigenvalue weighted by Crippen LogP contribution is -2.30. The number of hydrogen-bond acceptors (Lipinski definition) is 6. The molecule has 0 radical (unpaired) electrons. The fourth-order valence-corrected chi connectivity index (χ4v) is 10.2. The highest BCUT2D eigenvalue weighted by molar-refractivity contribution is 5.71. The molecule has 0 amide bonds. The summed E-state index contributed by atoms with van der Waals surface area (Å²) in [5, 5.41) is 0. The number of rotatable bonds is 65. The number of allylic oxidation sites excluding steroid dienone is 16. The Labute approximate surface area is 515 Å². The summed E-state index contributed by atoms with van der Waals surface area (Å²) in [4.78, 5) is 38.5. The highest BCUT2D eigenvalue weighted by atomic mass is 16.6. The molecule has 0 saturated carbocycles. The lowest BCUT2D eigenvalue weighted by Gasteiger charge is -2.18. The van der Waals surface area contributed by atoms with E-state index >= 15 is 0 Å². The van der Waals surface area contributed by atoms with Crippen LogP contribution in [0.2, 0.25) is 0 Å². The first-order valence-electron chi connectivity index (χ1n) is 35.7. The Morgan fingerprint density at radius 3 is 0.735 bits per heavy atom. The van der Waals surface area contributed by atoms with Crippen LogP contribution >= 0.6 is 0 Å². The van der Waals surface area contributed by atoms with Crippen molar-refractivity contribution >= 4 is 17.9 Å². The number of ether oxygens (including phenoxy) is 3. The molecule has 0 aliphatic carbocycles. The van der Waals surface area contributed by atoms with Gasteiger partial charge < -0.3 is 14.2 Å². The van der Waals surface area contributed by atoms with Crippen LogP contribution in [0.1, 0.15) is 355 Å². The molecule has 1 unspecified atom stereocenters. The summed E-state index contributed by atoms with van der Waals surface area (Å²) in [6, 6.07) is 0. The van der Waals surface area contributed by atoms with Crippen LogP contribution in [0.15, 0.2) is 97.2 Å². The fourth-order valence-electron chi connectivity index (χ4n) is 10.2. The minimum absolute atomic E-state index is 0.0827. The molecule has 0 rings (SSSR count). The molecule has 0 N–H and O–H groups in total. The Hall–Kier alpha value is -3.67. The third-order valence-electron chi connectivity index (χ3n) is 15.5. The zero-order chi connectivity index (χ0) is 59.9. The van der Waals surface area contributed by atoms with E-state index in [-0.39, 0.29) is 31.1 Å². The molecule has 0 spiro atoms. The molecule has 0 aromatic heterocycles. The first kappa shape index (κ1) is 79.3. The largest absolute Gasteiger partial charge is 0.462 e. The van der Waals surface area contributed by atoms with Crippen LogP contribution in [-0.2, 0) is 28.6 Å². The quantitative estimate of drug-likeness (QED) is 0.0261. The van der Waals surface area contributed by atoms with Crippen LogP contribution in [0.4, 0.5) is 0 Å². The van der Waals surface area contributed by atoms with Crippen LogP contribution in [0, 0.1) is 0 Å². The van der Waals surface area contributed by atoms with E-state index in [2.05, 4.69) is 118 Å². The Morgan fingerprint density at radius 2 is 0.470 bits per heavy atom. The van der Waals surface area contributed by atoms with Gasteiger partial charge in [0.1, 0.15) is 13.2 Å². The number of unbranched alkanes of at least 4 members (excludes halogenated alkanes) is 38. The Balaban J connectivity index is 4.39. The number of esters is 3. The van der Waals surface area contributed by atoms with Crippen molar-refractivity contribution in [2.75, 3.05) is 13.2 Å². The smallest absolute Gasteiger partial charge is 0.306 e. The third-order valence-corrected chi connectivity index (χ3v) is 15.5. The summed E-state index contributed by atoms with van der Waals surface area (Å²) in [7, 11) is 0. The van der Waals surface area contributed by atoms with Crippen molar-refractivity contribution < 1.29 is 28.6 Å². The van der Waals surface area contributed by atoms with E-state index in [0.29, 0.717) is 19.3 Å². The van der Waals surface area contributed by atoms with E-state index in [1.807, 2.05) is 0 Å². The fraction of sp³-hybridized carbons (Fsp3) is 0.753. The molecule has 478 valence electrons. The number of hydrogen-bond donors (Lipinski definition) is 0. The van der Waals surface area contributed by atoms with Gasteiger partial charge >= 0.3 is 17.9 Å². The van der Waals surface area contributed by atoms with Crippen molar-refractivity contribution in [1.82, 2.24) is 0 Å². The zero-order valence-electron chi connectivity index (χ0n) is 54.9. The average molecular weight is 1160 g/mol. The second-order valence-electron chi connectivity index (χ2n) is 23.8. The van der Waals surface area contributed by atoms with Gasteiger partial charge in [0.05, 0.1) is 0 Å². The summed E-state index contributed by atoms with van der Waals surface area (Å²) < 4.78 is 17.0. The van der Waals surface area contributed by atoms with Gasteiger partial charge in [-0.2, -0.15) is 0 Å². The lowest BCUT2D eigenvalue weighted by molar-refractivity contribution is -0.167. The van der Waals surface area contributed by atoms with Crippen molar-refractivity contribution in [2.24, 2.45) is 0 Å². The van der Waals surface area contributed by atoms with Gasteiger partial charge in [0.2, 0.25) is 0 Å². The third kappa shape index (κ3) is 69.0. The summed E-state index contributed by atoms with van der Waals surface area (Å²) >= 11 is 0. The number of carbonyl (C=O) groups is 3. The second-order valence-corrected chi connectivity index (χ2v) is 23.8. The van der Waals surface area contributed by atoms with Crippen LogP contribution in [0.5, 0.6) is 0 Å². The lowest BCUT2D eigenvalue weighted by atomic mass is 10.0. The summed E-state index contributed by atoms with van der Waals surface area (Å²) in [6.45, 7) is 6.54. The molecule has 6 nitrogen and oxygen atoms in total. The second kappa shape index (κ2) is 70.8. The predicted octanol–water partition coefficient (Wildman–Crippen LogP) is 24.8. The Bertz CT molecular complexity index is 1610. The molecule has 1 atom stereocenters. The minimum Gasteiger partial charge on any atom is -0.462 e. The molecule has 0 fully saturated rings. The van der Waals surface area contributed by atoms with Crippen molar-refractivity contribution in [3.8, 4) is 0 Å². The topological polar surface area (TPSA) is 78.9 Å². The van der Waals surface area contributed by atoms with E-state index in [1.54, 1.807) is 0 Å². The van der Waals surface area contributed by atoms with Gasteiger partial charge in [-0.3, -0.25) is 14.4 Å². The summed E-state index contributed by atoms with van der Waals surface area (Å²) in [5.74, 6) is -0.884. The maximum atomic E-state index is 13.0. The van der Waals surface area contributed by atoms with Gasteiger partial charge in [0.15, 0.2) is 6.10 Å². The van der Waals surface area contributed by atoms with Crippen molar-refractivity contribution in [2.45, 2.75) is 361 Å². The van der Waals surface area contributed by atoms with E-state index in [4.69, 9.17) is 14.2 Å². The van der Waals surface area contributed by atoms with E-state index in [0.717, 1.165) is 103 Å². The summed E-state index contributed by atoms with van der Waals surface area (Å²) in [5.41, 5.74) is 0. The number of carbonyl (C=O) groups excluding carboxylic acids is 3.